The maximum absolute atomic E-state index is 12.6. The fourth-order valence-corrected chi connectivity index (χ4v) is 3.84. The van der Waals surface area contributed by atoms with Crippen LogP contribution in [0.2, 0.25) is 0 Å². The van der Waals surface area contributed by atoms with Crippen molar-refractivity contribution in [3.63, 3.8) is 0 Å². The molecule has 3 aromatic rings. The molecule has 1 heterocycles. The Morgan fingerprint density at radius 1 is 1.00 bits per heavy atom. The Morgan fingerprint density at radius 2 is 1.73 bits per heavy atom. The smallest absolute Gasteiger partial charge is 0.343 e. The zero-order valence-electron chi connectivity index (χ0n) is 18.4. The van der Waals surface area contributed by atoms with Gasteiger partial charge in [-0.2, -0.15) is 5.26 Å². The molecule has 33 heavy (non-hydrogen) atoms. The number of carbonyl (C=O) groups is 1. The minimum Gasteiger partial charge on any atom is -0.497 e. The fourth-order valence-electron chi connectivity index (χ4n) is 3.84. The zero-order chi connectivity index (χ0) is 23.5. The number of rotatable bonds is 5. The molecule has 1 aliphatic rings. The number of fused-ring (bicyclic) bond motifs is 1. The topological polar surface area (TPSA) is 104 Å². The first-order valence-electron chi connectivity index (χ1n) is 10.2. The quantitative estimate of drug-likeness (QED) is 0.460. The molecule has 7 heteroatoms. The predicted molar refractivity (Wildman–Crippen MR) is 121 cm³/mol. The standard InChI is InChI=1S/C26H22N2O5/c1-15-6-4-5-7-18(15)26(29)32-17-9-11-20-23(13-17)33-25(28)21(14-27)24(20)19-10-8-16(30-2)12-22(19)31-3/h4-13,24H,28H2,1-3H3. The van der Waals surface area contributed by atoms with Crippen LogP contribution < -0.4 is 24.7 Å². The summed E-state index contributed by atoms with van der Waals surface area (Å²) in [6.07, 6.45) is 0. The van der Waals surface area contributed by atoms with Crippen molar-refractivity contribution < 1.29 is 23.7 Å². The SMILES string of the molecule is COc1ccc(C2C(C#N)=C(N)Oc3cc(OC(=O)c4ccccc4C)ccc32)c(OC)c1. The number of esters is 1. The van der Waals surface area contributed by atoms with Gasteiger partial charge in [0.05, 0.1) is 25.7 Å². The van der Waals surface area contributed by atoms with Gasteiger partial charge in [0, 0.05) is 23.3 Å². The van der Waals surface area contributed by atoms with Crippen LogP contribution in [-0.2, 0) is 0 Å². The van der Waals surface area contributed by atoms with E-state index in [-0.39, 0.29) is 11.5 Å². The number of allylic oxidation sites excluding steroid dienone is 1. The lowest BCUT2D eigenvalue weighted by Gasteiger charge is -2.27. The number of ether oxygens (including phenoxy) is 4. The van der Waals surface area contributed by atoms with Crippen molar-refractivity contribution in [3.8, 4) is 29.1 Å². The number of hydrogen-bond donors (Lipinski definition) is 1. The lowest BCUT2D eigenvalue weighted by atomic mass is 9.83. The summed E-state index contributed by atoms with van der Waals surface area (Å²) in [5.74, 6) is 0.842. The highest BCUT2D eigenvalue weighted by atomic mass is 16.5. The number of hydrogen-bond acceptors (Lipinski definition) is 7. The van der Waals surface area contributed by atoms with Crippen molar-refractivity contribution in [2.24, 2.45) is 5.73 Å². The summed E-state index contributed by atoms with van der Waals surface area (Å²) in [6, 6.07) is 19.7. The molecule has 0 amide bonds. The molecule has 7 nitrogen and oxygen atoms in total. The minimum atomic E-state index is -0.527. The molecule has 166 valence electrons. The van der Waals surface area contributed by atoms with Crippen molar-refractivity contribution in [3.05, 3.63) is 94.4 Å². The zero-order valence-corrected chi connectivity index (χ0v) is 18.4. The molecule has 1 aliphatic heterocycles. The highest BCUT2D eigenvalue weighted by Gasteiger charge is 2.33. The summed E-state index contributed by atoms with van der Waals surface area (Å²) < 4.78 is 22.1. The van der Waals surface area contributed by atoms with Crippen molar-refractivity contribution in [2.45, 2.75) is 12.8 Å². The van der Waals surface area contributed by atoms with E-state index in [0.717, 1.165) is 11.1 Å². The molecule has 0 aromatic heterocycles. The highest BCUT2D eigenvalue weighted by molar-refractivity contribution is 5.92. The minimum absolute atomic E-state index is 0.0183. The summed E-state index contributed by atoms with van der Waals surface area (Å²) in [5, 5.41) is 9.81. The number of nitrogens with two attached hydrogens (primary N) is 1. The van der Waals surface area contributed by atoms with Crippen LogP contribution in [0.25, 0.3) is 0 Å². The van der Waals surface area contributed by atoms with Crippen LogP contribution in [-0.4, -0.2) is 20.2 Å². The van der Waals surface area contributed by atoms with Gasteiger partial charge in [0.15, 0.2) is 0 Å². The van der Waals surface area contributed by atoms with E-state index in [4.69, 9.17) is 24.7 Å². The maximum atomic E-state index is 12.6. The van der Waals surface area contributed by atoms with Gasteiger partial charge in [0.1, 0.15) is 34.6 Å². The molecule has 0 saturated carbocycles. The van der Waals surface area contributed by atoms with Crippen molar-refractivity contribution in [1.29, 1.82) is 5.26 Å². The normalized spacial score (nSPS) is 14.5. The number of nitriles is 1. The van der Waals surface area contributed by atoms with Gasteiger partial charge in [-0.25, -0.2) is 4.79 Å². The maximum Gasteiger partial charge on any atom is 0.343 e. The number of carbonyl (C=O) groups excluding carboxylic acids is 1. The Bertz CT molecular complexity index is 1310. The molecule has 4 rings (SSSR count). The van der Waals surface area contributed by atoms with Crippen LogP contribution in [0.1, 0.15) is 33.0 Å². The van der Waals surface area contributed by atoms with E-state index < -0.39 is 11.9 Å². The van der Waals surface area contributed by atoms with Crippen molar-refractivity contribution in [1.82, 2.24) is 0 Å². The predicted octanol–water partition coefficient (Wildman–Crippen LogP) is 4.45. The Morgan fingerprint density at radius 3 is 2.42 bits per heavy atom. The van der Waals surface area contributed by atoms with E-state index in [0.29, 0.717) is 34.1 Å². The van der Waals surface area contributed by atoms with Crippen LogP contribution in [0.15, 0.2) is 72.1 Å². The first kappa shape index (κ1) is 21.8. The first-order chi connectivity index (χ1) is 16.0. The Hall–Kier alpha value is -4.44. The molecular formula is C26H22N2O5. The van der Waals surface area contributed by atoms with Gasteiger partial charge in [-0.3, -0.25) is 0 Å². The molecule has 1 unspecified atom stereocenters. The van der Waals surface area contributed by atoms with E-state index in [2.05, 4.69) is 6.07 Å². The molecule has 0 radical (unpaired) electrons. The molecule has 0 spiro atoms. The lowest BCUT2D eigenvalue weighted by Crippen LogP contribution is -2.21. The first-order valence-corrected chi connectivity index (χ1v) is 10.2. The molecule has 0 bridgehead atoms. The van der Waals surface area contributed by atoms with E-state index in [9.17, 15) is 10.1 Å². The third kappa shape index (κ3) is 4.06. The molecule has 0 saturated heterocycles. The summed E-state index contributed by atoms with van der Waals surface area (Å²) >= 11 is 0. The van der Waals surface area contributed by atoms with Gasteiger partial charge in [-0.15, -0.1) is 0 Å². The third-order valence-corrected chi connectivity index (χ3v) is 5.52. The second-order valence-electron chi connectivity index (χ2n) is 7.44. The lowest BCUT2D eigenvalue weighted by molar-refractivity contribution is 0.0733. The third-order valence-electron chi connectivity index (χ3n) is 5.52. The number of nitrogens with zero attached hydrogens (tertiary/aromatic N) is 1. The molecule has 1 atom stereocenters. The van der Waals surface area contributed by atoms with Crippen LogP contribution in [0.3, 0.4) is 0 Å². The average molecular weight is 442 g/mol. The van der Waals surface area contributed by atoms with E-state index in [1.807, 2.05) is 25.1 Å². The second-order valence-corrected chi connectivity index (χ2v) is 7.44. The van der Waals surface area contributed by atoms with E-state index >= 15 is 0 Å². The summed E-state index contributed by atoms with van der Waals surface area (Å²) in [4.78, 5) is 12.6. The summed E-state index contributed by atoms with van der Waals surface area (Å²) in [6.45, 7) is 1.84. The van der Waals surface area contributed by atoms with Gasteiger partial charge in [0.25, 0.3) is 0 Å². The monoisotopic (exact) mass is 442 g/mol. The van der Waals surface area contributed by atoms with E-state index in [1.54, 1.807) is 56.7 Å². The number of aryl methyl sites for hydroxylation is 1. The van der Waals surface area contributed by atoms with Crippen molar-refractivity contribution >= 4 is 5.97 Å². The molecule has 0 fully saturated rings. The largest absolute Gasteiger partial charge is 0.497 e. The van der Waals surface area contributed by atoms with Crippen LogP contribution >= 0.6 is 0 Å². The molecule has 2 N–H and O–H groups in total. The Labute approximate surface area is 191 Å². The summed E-state index contributed by atoms with van der Waals surface area (Å²) in [7, 11) is 3.11. The number of methoxy groups -OCH3 is 2. The summed E-state index contributed by atoms with van der Waals surface area (Å²) in [5.41, 5.74) is 9.08. The molecule has 0 aliphatic carbocycles. The molecule has 3 aromatic carbocycles. The van der Waals surface area contributed by atoms with Crippen LogP contribution in [0, 0.1) is 18.3 Å². The molecular weight excluding hydrogens is 420 g/mol. The van der Waals surface area contributed by atoms with Gasteiger partial charge in [-0.05, 0) is 30.7 Å². The number of benzene rings is 3. The Balaban J connectivity index is 1.74. The van der Waals surface area contributed by atoms with Gasteiger partial charge < -0.3 is 24.7 Å². The highest BCUT2D eigenvalue weighted by Crippen LogP contribution is 2.46. The van der Waals surface area contributed by atoms with Crippen LogP contribution in [0.5, 0.6) is 23.0 Å². The van der Waals surface area contributed by atoms with Crippen LogP contribution in [0.4, 0.5) is 0 Å². The van der Waals surface area contributed by atoms with Gasteiger partial charge in [0.2, 0.25) is 5.88 Å². The fraction of sp³-hybridized carbons (Fsp3) is 0.154. The second kappa shape index (κ2) is 8.97. The van der Waals surface area contributed by atoms with Crippen molar-refractivity contribution in [2.75, 3.05) is 14.2 Å². The van der Waals surface area contributed by atoms with E-state index in [1.165, 1.54) is 0 Å². The Kier molecular flexibility index (Phi) is 5.92. The van der Waals surface area contributed by atoms with Gasteiger partial charge in [-0.1, -0.05) is 30.3 Å². The van der Waals surface area contributed by atoms with Gasteiger partial charge >= 0.3 is 5.97 Å². The average Bonchev–Trinajstić information content (AvgIpc) is 2.82.